The van der Waals surface area contributed by atoms with Crippen molar-refractivity contribution in [3.63, 3.8) is 0 Å². The first-order valence-corrected chi connectivity index (χ1v) is 4.05. The summed E-state index contributed by atoms with van der Waals surface area (Å²) in [7, 11) is 0. The Morgan fingerprint density at radius 2 is 2.40 bits per heavy atom. The highest BCUT2D eigenvalue weighted by Gasteiger charge is 2.09. The lowest BCUT2D eigenvalue weighted by atomic mass is 10.2. The summed E-state index contributed by atoms with van der Waals surface area (Å²) >= 11 is 3.31. The fraction of sp³-hybridized carbons (Fsp3) is 0.286. The molecule has 3 heteroatoms. The van der Waals surface area contributed by atoms with Gasteiger partial charge in [0.1, 0.15) is 10.4 Å². The molecule has 0 radical (unpaired) electrons. The highest BCUT2D eigenvalue weighted by Crippen LogP contribution is 2.21. The molecule has 52 valence electrons. The molecule has 0 aliphatic carbocycles. The second kappa shape index (κ2) is 2.23. The average Bonchev–Trinajstić information content (AvgIpc) is 2.33. The van der Waals surface area contributed by atoms with Gasteiger partial charge in [0, 0.05) is 6.54 Å². The van der Waals surface area contributed by atoms with Crippen LogP contribution in [0.1, 0.15) is 5.56 Å². The Bertz CT molecular complexity index is 260. The Labute approximate surface area is 67.8 Å². The minimum Gasteiger partial charge on any atom is -0.369 e. The zero-order chi connectivity index (χ0) is 6.97. The summed E-state index contributed by atoms with van der Waals surface area (Å²) < 4.78 is 0.903. The predicted octanol–water partition coefficient (Wildman–Crippen LogP) is 1.81. The molecule has 1 aliphatic heterocycles. The summed E-state index contributed by atoms with van der Waals surface area (Å²) in [4.78, 5) is 4.26. The van der Waals surface area contributed by atoms with Crippen LogP contribution in [0, 0.1) is 0 Å². The van der Waals surface area contributed by atoms with Crippen LogP contribution in [0.15, 0.2) is 16.7 Å². The fourth-order valence-corrected chi connectivity index (χ4v) is 1.44. The lowest BCUT2D eigenvalue weighted by molar-refractivity contribution is 1.11. The summed E-state index contributed by atoms with van der Waals surface area (Å²) in [5.41, 5.74) is 1.32. The standard InChI is InChI=1S/C7H7BrN2/c8-6-2-1-5-3-4-9-7(5)10-6/h1-2H,3-4H2,(H,9,10). The van der Waals surface area contributed by atoms with Gasteiger partial charge in [-0.15, -0.1) is 0 Å². The monoisotopic (exact) mass is 198 g/mol. The summed E-state index contributed by atoms with van der Waals surface area (Å²) in [6, 6.07) is 4.08. The van der Waals surface area contributed by atoms with Crippen molar-refractivity contribution in [2.75, 3.05) is 11.9 Å². The van der Waals surface area contributed by atoms with Gasteiger partial charge in [-0.05, 0) is 34.0 Å². The number of hydrogen-bond acceptors (Lipinski definition) is 2. The van der Waals surface area contributed by atoms with Crippen molar-refractivity contribution in [1.82, 2.24) is 4.98 Å². The van der Waals surface area contributed by atoms with Crippen molar-refractivity contribution in [2.45, 2.75) is 6.42 Å². The number of halogens is 1. The Morgan fingerprint density at radius 1 is 1.50 bits per heavy atom. The smallest absolute Gasteiger partial charge is 0.130 e. The number of anilines is 1. The molecule has 0 spiro atoms. The van der Waals surface area contributed by atoms with Crippen molar-refractivity contribution < 1.29 is 0 Å². The molecule has 0 unspecified atom stereocenters. The Morgan fingerprint density at radius 3 is 3.30 bits per heavy atom. The van der Waals surface area contributed by atoms with E-state index in [4.69, 9.17) is 0 Å². The largest absolute Gasteiger partial charge is 0.369 e. The van der Waals surface area contributed by atoms with E-state index in [1.165, 1.54) is 5.56 Å². The van der Waals surface area contributed by atoms with E-state index in [1.807, 2.05) is 6.07 Å². The van der Waals surface area contributed by atoms with E-state index < -0.39 is 0 Å². The van der Waals surface area contributed by atoms with Gasteiger partial charge in [0.2, 0.25) is 0 Å². The third kappa shape index (κ3) is 0.904. The molecule has 10 heavy (non-hydrogen) atoms. The molecule has 0 fully saturated rings. The third-order valence-corrected chi connectivity index (χ3v) is 2.07. The molecule has 0 saturated carbocycles. The van der Waals surface area contributed by atoms with E-state index in [0.29, 0.717) is 0 Å². The maximum atomic E-state index is 4.26. The molecule has 2 heterocycles. The Balaban J connectivity index is 2.52. The van der Waals surface area contributed by atoms with Crippen molar-refractivity contribution in [3.8, 4) is 0 Å². The second-order valence-corrected chi connectivity index (χ2v) is 3.13. The topological polar surface area (TPSA) is 24.9 Å². The summed E-state index contributed by atoms with van der Waals surface area (Å²) in [6.45, 7) is 1.03. The van der Waals surface area contributed by atoms with Gasteiger partial charge < -0.3 is 5.32 Å². The maximum absolute atomic E-state index is 4.26. The molecule has 2 nitrogen and oxygen atoms in total. The van der Waals surface area contributed by atoms with Crippen molar-refractivity contribution in [2.24, 2.45) is 0 Å². The third-order valence-electron chi connectivity index (χ3n) is 1.63. The molecule has 2 rings (SSSR count). The summed E-state index contributed by atoms with van der Waals surface area (Å²) in [5.74, 6) is 1.04. The van der Waals surface area contributed by atoms with Crippen LogP contribution in [0.25, 0.3) is 0 Å². The number of hydrogen-bond donors (Lipinski definition) is 1. The predicted molar refractivity (Wildman–Crippen MR) is 44.1 cm³/mol. The van der Waals surface area contributed by atoms with Gasteiger partial charge in [0.15, 0.2) is 0 Å². The molecule has 0 bridgehead atoms. The SMILES string of the molecule is Brc1ccc2c(n1)NCC2. The first kappa shape index (κ1) is 6.16. The zero-order valence-electron chi connectivity index (χ0n) is 5.39. The quantitative estimate of drug-likeness (QED) is 0.644. The van der Waals surface area contributed by atoms with Crippen LogP contribution in [0.3, 0.4) is 0 Å². The van der Waals surface area contributed by atoms with Gasteiger partial charge >= 0.3 is 0 Å². The molecular formula is C7H7BrN2. The van der Waals surface area contributed by atoms with E-state index in [1.54, 1.807) is 0 Å². The Kier molecular flexibility index (Phi) is 1.38. The van der Waals surface area contributed by atoms with Crippen LogP contribution in [0.4, 0.5) is 5.82 Å². The van der Waals surface area contributed by atoms with Crippen molar-refractivity contribution in [3.05, 3.63) is 22.3 Å². The van der Waals surface area contributed by atoms with Gasteiger partial charge in [-0.1, -0.05) is 6.07 Å². The van der Waals surface area contributed by atoms with Crippen LogP contribution in [0.2, 0.25) is 0 Å². The first-order chi connectivity index (χ1) is 4.86. The molecule has 0 atom stereocenters. The molecular weight excluding hydrogens is 192 g/mol. The number of nitrogens with one attached hydrogen (secondary N) is 1. The maximum Gasteiger partial charge on any atom is 0.130 e. The highest BCUT2D eigenvalue weighted by atomic mass is 79.9. The zero-order valence-corrected chi connectivity index (χ0v) is 6.98. The lowest BCUT2D eigenvalue weighted by Crippen LogP contribution is -1.92. The summed E-state index contributed by atoms with van der Waals surface area (Å²) in [5, 5.41) is 3.20. The van der Waals surface area contributed by atoms with Crippen LogP contribution in [-0.4, -0.2) is 11.5 Å². The van der Waals surface area contributed by atoms with Gasteiger partial charge in [0.25, 0.3) is 0 Å². The first-order valence-electron chi connectivity index (χ1n) is 3.25. The number of fused-ring (bicyclic) bond motifs is 1. The molecule has 1 N–H and O–H groups in total. The number of rotatable bonds is 0. The average molecular weight is 199 g/mol. The van der Waals surface area contributed by atoms with Gasteiger partial charge in [0.05, 0.1) is 0 Å². The van der Waals surface area contributed by atoms with Crippen molar-refractivity contribution >= 4 is 21.7 Å². The second-order valence-electron chi connectivity index (χ2n) is 2.32. The van der Waals surface area contributed by atoms with E-state index in [0.717, 1.165) is 23.4 Å². The van der Waals surface area contributed by atoms with Gasteiger partial charge in [-0.3, -0.25) is 0 Å². The van der Waals surface area contributed by atoms with E-state index >= 15 is 0 Å². The lowest BCUT2D eigenvalue weighted by Gasteiger charge is -1.96. The van der Waals surface area contributed by atoms with Crippen LogP contribution in [0.5, 0.6) is 0 Å². The number of pyridine rings is 1. The highest BCUT2D eigenvalue weighted by molar-refractivity contribution is 9.10. The number of nitrogens with zero attached hydrogens (tertiary/aromatic N) is 1. The molecule has 0 amide bonds. The minimum atomic E-state index is 0.903. The van der Waals surface area contributed by atoms with Gasteiger partial charge in [-0.25, -0.2) is 4.98 Å². The minimum absolute atomic E-state index is 0.903. The number of aromatic nitrogens is 1. The van der Waals surface area contributed by atoms with E-state index in [9.17, 15) is 0 Å². The van der Waals surface area contributed by atoms with Crippen LogP contribution in [-0.2, 0) is 6.42 Å². The molecule has 0 aromatic carbocycles. The normalized spacial score (nSPS) is 14.5. The van der Waals surface area contributed by atoms with E-state index in [2.05, 4.69) is 32.3 Å². The molecule has 0 saturated heterocycles. The molecule has 1 aromatic rings. The van der Waals surface area contributed by atoms with E-state index in [-0.39, 0.29) is 0 Å². The van der Waals surface area contributed by atoms with Crippen molar-refractivity contribution in [1.29, 1.82) is 0 Å². The Hall–Kier alpha value is -0.570. The van der Waals surface area contributed by atoms with Crippen LogP contribution >= 0.6 is 15.9 Å². The molecule has 1 aliphatic rings. The molecule has 1 aromatic heterocycles. The van der Waals surface area contributed by atoms with Gasteiger partial charge in [-0.2, -0.15) is 0 Å². The fourth-order valence-electron chi connectivity index (χ4n) is 1.13. The van der Waals surface area contributed by atoms with Crippen LogP contribution < -0.4 is 5.32 Å². The summed E-state index contributed by atoms with van der Waals surface area (Å²) in [6.07, 6.45) is 1.11.